The van der Waals surface area contributed by atoms with Gasteiger partial charge in [0, 0.05) is 10.6 Å². The first-order chi connectivity index (χ1) is 9.19. The Morgan fingerprint density at radius 2 is 2.05 bits per heavy atom. The number of rotatable bonds is 2. The number of hydrogen-bond acceptors (Lipinski definition) is 6. The molecule has 2 heterocycles. The van der Waals surface area contributed by atoms with Crippen molar-refractivity contribution >= 4 is 23.5 Å². The zero-order valence-electron chi connectivity index (χ0n) is 9.97. The molecule has 100 valence electrons. The number of benzene rings is 1. The third kappa shape index (κ3) is 2.49. The summed E-state index contributed by atoms with van der Waals surface area (Å²) in [6.07, 6.45) is -1.67. The molecular formula is C13H13NO3S2. The van der Waals surface area contributed by atoms with E-state index in [1.165, 1.54) is 11.8 Å². The van der Waals surface area contributed by atoms with Crippen molar-refractivity contribution in [3.05, 3.63) is 29.8 Å². The van der Waals surface area contributed by atoms with E-state index in [0.717, 1.165) is 4.90 Å². The van der Waals surface area contributed by atoms with Crippen LogP contribution in [0.25, 0.3) is 0 Å². The summed E-state index contributed by atoms with van der Waals surface area (Å²) in [5, 5.41) is 28.6. The van der Waals surface area contributed by atoms with Gasteiger partial charge < -0.3 is 14.9 Å². The Balaban J connectivity index is 1.72. The van der Waals surface area contributed by atoms with Crippen molar-refractivity contribution < 1.29 is 14.9 Å². The number of fused-ring (bicyclic) bond motifs is 2. The summed E-state index contributed by atoms with van der Waals surface area (Å²) in [6, 6.07) is 9.37. The van der Waals surface area contributed by atoms with E-state index in [4.69, 9.17) is 10.00 Å². The average molecular weight is 295 g/mol. The molecule has 0 spiro atoms. The summed E-state index contributed by atoms with van der Waals surface area (Å²) in [5.74, 6) is 0.608. The molecule has 2 N–H and O–H groups in total. The lowest BCUT2D eigenvalue weighted by Gasteiger charge is -2.27. The second-order valence-electron chi connectivity index (χ2n) is 4.58. The number of aliphatic hydroxyl groups excluding tert-OH is 2. The highest BCUT2D eigenvalue weighted by molar-refractivity contribution is 8.03. The van der Waals surface area contributed by atoms with Gasteiger partial charge in [-0.25, -0.2) is 0 Å². The fourth-order valence-electron chi connectivity index (χ4n) is 2.30. The van der Waals surface area contributed by atoms with Crippen LogP contribution in [0.5, 0.6) is 0 Å². The van der Waals surface area contributed by atoms with Crippen LogP contribution in [0, 0.1) is 11.3 Å². The Morgan fingerprint density at radius 1 is 1.32 bits per heavy atom. The first-order valence-electron chi connectivity index (χ1n) is 5.99. The number of aliphatic hydroxyl groups is 2. The number of nitrogens with zero attached hydrogens (tertiary/aromatic N) is 1. The lowest BCUT2D eigenvalue weighted by molar-refractivity contribution is -0.0417. The van der Waals surface area contributed by atoms with Gasteiger partial charge in [0.2, 0.25) is 0 Å². The molecule has 3 rings (SSSR count). The number of ether oxygens (including phenoxy) is 1. The lowest BCUT2D eigenvalue weighted by Crippen LogP contribution is -2.43. The molecule has 2 fully saturated rings. The molecule has 6 heteroatoms. The summed E-state index contributed by atoms with van der Waals surface area (Å²) < 4.78 is 5.75. The van der Waals surface area contributed by atoms with Crippen molar-refractivity contribution in [2.24, 2.45) is 0 Å². The van der Waals surface area contributed by atoms with Crippen LogP contribution < -0.4 is 0 Å². The number of nitriles is 1. The van der Waals surface area contributed by atoms with E-state index < -0.39 is 18.3 Å². The largest absolute Gasteiger partial charge is 0.389 e. The second kappa shape index (κ2) is 5.35. The third-order valence-corrected chi connectivity index (χ3v) is 6.11. The van der Waals surface area contributed by atoms with Gasteiger partial charge in [-0.15, -0.1) is 11.8 Å². The van der Waals surface area contributed by atoms with Crippen LogP contribution >= 0.6 is 23.5 Å². The molecule has 4 nitrogen and oxygen atoms in total. The first kappa shape index (κ1) is 13.3. The van der Waals surface area contributed by atoms with Crippen molar-refractivity contribution in [3.63, 3.8) is 0 Å². The summed E-state index contributed by atoms with van der Waals surface area (Å²) in [7, 11) is 0. The molecule has 0 aliphatic carbocycles. The smallest absolute Gasteiger partial charge is 0.122 e. The molecule has 2 aliphatic rings. The summed E-state index contributed by atoms with van der Waals surface area (Å²) in [6.45, 7) is 0. The number of thioether (sulfide) groups is 2. The van der Waals surface area contributed by atoms with E-state index in [1.807, 2.05) is 12.1 Å². The van der Waals surface area contributed by atoms with Gasteiger partial charge in [0.1, 0.15) is 11.5 Å². The molecule has 1 aromatic rings. The van der Waals surface area contributed by atoms with Gasteiger partial charge in [-0.3, -0.25) is 0 Å². The van der Waals surface area contributed by atoms with Crippen molar-refractivity contribution in [3.8, 4) is 6.07 Å². The van der Waals surface area contributed by atoms with Crippen LogP contribution in [0.3, 0.4) is 0 Å². The van der Waals surface area contributed by atoms with Crippen molar-refractivity contribution in [2.75, 3.05) is 5.75 Å². The van der Waals surface area contributed by atoms with Gasteiger partial charge in [0.25, 0.3) is 0 Å². The van der Waals surface area contributed by atoms with Crippen molar-refractivity contribution in [1.29, 1.82) is 5.26 Å². The van der Waals surface area contributed by atoms with Crippen LogP contribution in [0.4, 0.5) is 0 Å². The Hall–Kier alpha value is -0.710. The maximum absolute atomic E-state index is 10.0. The molecule has 1 aromatic carbocycles. The van der Waals surface area contributed by atoms with Crippen molar-refractivity contribution in [1.82, 2.24) is 0 Å². The van der Waals surface area contributed by atoms with Gasteiger partial charge in [0.05, 0.1) is 29.1 Å². The van der Waals surface area contributed by atoms with E-state index in [-0.39, 0.29) is 10.7 Å². The molecule has 0 amide bonds. The van der Waals surface area contributed by atoms with Gasteiger partial charge in [-0.05, 0) is 24.3 Å². The van der Waals surface area contributed by atoms with E-state index in [0.29, 0.717) is 11.3 Å². The van der Waals surface area contributed by atoms with E-state index >= 15 is 0 Å². The predicted molar refractivity (Wildman–Crippen MR) is 73.9 cm³/mol. The average Bonchev–Trinajstić information content (AvgIpc) is 2.62. The standard InChI is InChI=1S/C13H13NO3S2/c14-5-7-1-3-8(4-2-7)19-13-12-10(16)11(17-13)9(15)6-18-12/h1-4,9-13,15-16H,6H2/t9-,10-,11-,12+,13-/m1/s1. The highest BCUT2D eigenvalue weighted by atomic mass is 32.2. The third-order valence-electron chi connectivity index (χ3n) is 3.31. The monoisotopic (exact) mass is 295 g/mol. The molecule has 0 unspecified atom stereocenters. The molecule has 2 saturated heterocycles. The van der Waals surface area contributed by atoms with Crippen LogP contribution in [-0.4, -0.2) is 45.0 Å². The molecule has 0 aromatic heterocycles. The maximum Gasteiger partial charge on any atom is 0.122 e. The lowest BCUT2D eigenvalue weighted by atomic mass is 10.1. The second-order valence-corrected chi connectivity index (χ2v) is 6.96. The Bertz CT molecular complexity index is 502. The van der Waals surface area contributed by atoms with Crippen LogP contribution in [-0.2, 0) is 4.74 Å². The normalized spacial score (nSPS) is 37.0. The zero-order chi connectivity index (χ0) is 13.4. The first-order valence-corrected chi connectivity index (χ1v) is 7.92. The van der Waals surface area contributed by atoms with Gasteiger partial charge >= 0.3 is 0 Å². The predicted octanol–water partition coefficient (Wildman–Crippen LogP) is 1.21. The molecule has 0 saturated carbocycles. The van der Waals surface area contributed by atoms with Crippen LogP contribution in [0.2, 0.25) is 0 Å². The SMILES string of the molecule is N#Cc1ccc(S[C@H]2O[C@H]3[C@@H](O)[C@@H]2SC[C@H]3O)cc1. The summed E-state index contributed by atoms with van der Waals surface area (Å²) in [4.78, 5) is 0.999. The highest BCUT2D eigenvalue weighted by Gasteiger charge is 2.50. The minimum atomic E-state index is -0.607. The number of hydrogen-bond donors (Lipinski definition) is 2. The minimum Gasteiger partial charge on any atom is -0.389 e. The molecular weight excluding hydrogens is 282 g/mol. The van der Waals surface area contributed by atoms with Crippen LogP contribution in [0.1, 0.15) is 5.56 Å². The maximum atomic E-state index is 10.0. The fraction of sp³-hybridized carbons (Fsp3) is 0.462. The highest BCUT2D eigenvalue weighted by Crippen LogP contribution is 2.44. The molecule has 2 aliphatic heterocycles. The van der Waals surface area contributed by atoms with E-state index in [9.17, 15) is 10.2 Å². The topological polar surface area (TPSA) is 73.5 Å². The minimum absolute atomic E-state index is 0.00552. The van der Waals surface area contributed by atoms with Crippen LogP contribution in [0.15, 0.2) is 29.2 Å². The molecule has 0 radical (unpaired) electrons. The zero-order valence-corrected chi connectivity index (χ0v) is 11.6. The molecule has 5 atom stereocenters. The fourth-order valence-corrected chi connectivity index (χ4v) is 4.92. The van der Waals surface area contributed by atoms with Crippen molar-refractivity contribution in [2.45, 2.75) is 33.9 Å². The Morgan fingerprint density at radius 3 is 2.68 bits per heavy atom. The molecule has 19 heavy (non-hydrogen) atoms. The summed E-state index contributed by atoms with van der Waals surface area (Å²) >= 11 is 3.09. The quantitative estimate of drug-likeness (QED) is 0.854. The van der Waals surface area contributed by atoms with Gasteiger partial charge in [-0.2, -0.15) is 5.26 Å². The van der Waals surface area contributed by atoms with Gasteiger partial charge in [0.15, 0.2) is 0 Å². The Kier molecular flexibility index (Phi) is 3.74. The van der Waals surface area contributed by atoms with E-state index in [1.54, 1.807) is 23.9 Å². The summed E-state index contributed by atoms with van der Waals surface area (Å²) in [5.41, 5.74) is 0.468. The van der Waals surface area contributed by atoms with Gasteiger partial charge in [-0.1, -0.05) is 11.8 Å². The Labute approximate surface area is 119 Å². The van der Waals surface area contributed by atoms with E-state index in [2.05, 4.69) is 6.07 Å². The molecule has 2 bridgehead atoms.